The van der Waals surface area contributed by atoms with E-state index in [1.807, 2.05) is 11.4 Å². The summed E-state index contributed by atoms with van der Waals surface area (Å²) in [5.74, 6) is 2.07. The Bertz CT molecular complexity index is 350. The summed E-state index contributed by atoms with van der Waals surface area (Å²) >= 11 is 7.64. The van der Waals surface area contributed by atoms with Gasteiger partial charge in [-0.3, -0.25) is 0 Å². The summed E-state index contributed by atoms with van der Waals surface area (Å²) in [4.78, 5) is 0.982. The van der Waals surface area contributed by atoms with Gasteiger partial charge >= 0.3 is 0 Å². The molecule has 82 valence electrons. The Morgan fingerprint density at radius 1 is 1.33 bits per heavy atom. The number of rotatable bonds is 2. The fourth-order valence-corrected chi connectivity index (χ4v) is 4.42. The molecule has 3 rings (SSSR count). The number of thiophene rings is 1. The maximum Gasteiger partial charge on any atom is 0.0930 e. The zero-order valence-corrected chi connectivity index (χ0v) is 10.1. The number of halogens is 1. The second-order valence-electron chi connectivity index (χ2n) is 4.77. The van der Waals surface area contributed by atoms with Gasteiger partial charge in [0.1, 0.15) is 0 Å². The molecule has 1 nitrogen and oxygen atoms in total. The van der Waals surface area contributed by atoms with Gasteiger partial charge in [-0.2, -0.15) is 0 Å². The molecule has 3 unspecified atom stereocenters. The van der Waals surface area contributed by atoms with Gasteiger partial charge < -0.3 is 5.11 Å². The van der Waals surface area contributed by atoms with Gasteiger partial charge in [-0.25, -0.2) is 0 Å². The normalized spacial score (nSPS) is 36.0. The van der Waals surface area contributed by atoms with Crippen LogP contribution < -0.4 is 0 Å². The minimum atomic E-state index is -0.300. The van der Waals surface area contributed by atoms with Crippen molar-refractivity contribution < 1.29 is 5.11 Å². The van der Waals surface area contributed by atoms with Crippen molar-refractivity contribution in [2.45, 2.75) is 31.8 Å². The van der Waals surface area contributed by atoms with E-state index in [0.29, 0.717) is 5.92 Å². The Morgan fingerprint density at radius 2 is 2.00 bits per heavy atom. The van der Waals surface area contributed by atoms with Crippen LogP contribution in [0.5, 0.6) is 0 Å². The Balaban J connectivity index is 1.76. The standard InChI is InChI=1S/C12H15ClOS/c13-9-5-6-15-12(9)11(14)10-7-3-1-2-4-8(7)10/h5-8,10-11,14H,1-4H2. The van der Waals surface area contributed by atoms with Crippen LogP contribution >= 0.6 is 22.9 Å². The summed E-state index contributed by atoms with van der Waals surface area (Å²) in [6, 6.07) is 1.89. The molecule has 0 amide bonds. The van der Waals surface area contributed by atoms with Crippen LogP contribution in [-0.2, 0) is 0 Å². The lowest BCUT2D eigenvalue weighted by atomic mass is 10.0. The molecule has 0 aromatic carbocycles. The quantitative estimate of drug-likeness (QED) is 0.835. The van der Waals surface area contributed by atoms with Crippen molar-refractivity contribution in [2.75, 3.05) is 0 Å². The predicted octanol–water partition coefficient (Wildman–Crippen LogP) is 3.87. The lowest BCUT2D eigenvalue weighted by Crippen LogP contribution is -2.00. The van der Waals surface area contributed by atoms with E-state index < -0.39 is 0 Å². The van der Waals surface area contributed by atoms with E-state index in [0.717, 1.165) is 21.7 Å². The van der Waals surface area contributed by atoms with Crippen LogP contribution in [0.25, 0.3) is 0 Å². The zero-order chi connectivity index (χ0) is 10.4. The lowest BCUT2D eigenvalue weighted by molar-refractivity contribution is 0.146. The van der Waals surface area contributed by atoms with Crippen molar-refractivity contribution in [1.29, 1.82) is 0 Å². The van der Waals surface area contributed by atoms with E-state index in [1.54, 1.807) is 11.3 Å². The van der Waals surface area contributed by atoms with Crippen molar-refractivity contribution in [3.63, 3.8) is 0 Å². The summed E-state index contributed by atoms with van der Waals surface area (Å²) in [7, 11) is 0. The van der Waals surface area contributed by atoms with Gasteiger partial charge in [0.25, 0.3) is 0 Å². The first kappa shape index (κ1) is 10.1. The molecule has 1 N–H and O–H groups in total. The Kier molecular flexibility index (Phi) is 2.54. The third kappa shape index (κ3) is 1.63. The molecule has 3 heteroatoms. The molecule has 2 fully saturated rings. The molecule has 15 heavy (non-hydrogen) atoms. The maximum atomic E-state index is 10.3. The fraction of sp³-hybridized carbons (Fsp3) is 0.667. The van der Waals surface area contributed by atoms with Crippen LogP contribution in [-0.4, -0.2) is 5.11 Å². The molecule has 0 saturated heterocycles. The molecule has 1 aromatic heterocycles. The van der Waals surface area contributed by atoms with Crippen LogP contribution in [0.15, 0.2) is 11.4 Å². The van der Waals surface area contributed by atoms with Gasteiger partial charge in [-0.05, 0) is 42.0 Å². The summed E-state index contributed by atoms with van der Waals surface area (Å²) in [6.07, 6.45) is 5.03. The topological polar surface area (TPSA) is 20.2 Å². The van der Waals surface area contributed by atoms with Crippen molar-refractivity contribution in [2.24, 2.45) is 17.8 Å². The number of hydrogen-bond donors (Lipinski definition) is 1. The third-order valence-electron chi connectivity index (χ3n) is 4.00. The van der Waals surface area contributed by atoms with Crippen LogP contribution in [0.2, 0.25) is 5.02 Å². The van der Waals surface area contributed by atoms with E-state index in [2.05, 4.69) is 0 Å². The highest BCUT2D eigenvalue weighted by molar-refractivity contribution is 7.10. The monoisotopic (exact) mass is 242 g/mol. The molecule has 0 bridgehead atoms. The van der Waals surface area contributed by atoms with Crippen LogP contribution in [0.1, 0.15) is 36.7 Å². The molecule has 2 aliphatic carbocycles. The highest BCUT2D eigenvalue weighted by Crippen LogP contribution is 2.61. The Labute approximate surface area is 99.1 Å². The summed E-state index contributed by atoms with van der Waals surface area (Å²) in [5.41, 5.74) is 0. The maximum absolute atomic E-state index is 10.3. The first-order valence-corrected chi connectivity index (χ1v) is 6.96. The summed E-state index contributed by atoms with van der Waals surface area (Å²) in [6.45, 7) is 0. The molecule has 1 heterocycles. The van der Waals surface area contributed by atoms with E-state index in [-0.39, 0.29) is 6.10 Å². The van der Waals surface area contributed by atoms with Crippen molar-refractivity contribution >= 4 is 22.9 Å². The van der Waals surface area contributed by atoms with E-state index in [9.17, 15) is 5.11 Å². The number of hydrogen-bond acceptors (Lipinski definition) is 2. The van der Waals surface area contributed by atoms with Crippen molar-refractivity contribution in [1.82, 2.24) is 0 Å². The van der Waals surface area contributed by atoms with Gasteiger partial charge in [0.05, 0.1) is 16.0 Å². The molecular formula is C12H15ClOS. The summed E-state index contributed by atoms with van der Waals surface area (Å²) in [5, 5.41) is 13.0. The molecular weight excluding hydrogens is 228 g/mol. The molecule has 2 aliphatic rings. The largest absolute Gasteiger partial charge is 0.387 e. The van der Waals surface area contributed by atoms with Gasteiger partial charge in [0, 0.05) is 0 Å². The van der Waals surface area contributed by atoms with Gasteiger partial charge in [0.2, 0.25) is 0 Å². The smallest absolute Gasteiger partial charge is 0.0930 e. The Morgan fingerprint density at radius 3 is 2.53 bits per heavy atom. The second-order valence-corrected chi connectivity index (χ2v) is 6.12. The predicted molar refractivity (Wildman–Crippen MR) is 63.2 cm³/mol. The molecule has 3 atom stereocenters. The van der Waals surface area contributed by atoms with Gasteiger partial charge in [0.15, 0.2) is 0 Å². The Hall–Kier alpha value is -0.0500. The lowest BCUT2D eigenvalue weighted by Gasteiger charge is -2.08. The van der Waals surface area contributed by atoms with Crippen LogP contribution in [0, 0.1) is 17.8 Å². The first-order chi connectivity index (χ1) is 7.29. The molecule has 0 aliphatic heterocycles. The zero-order valence-electron chi connectivity index (χ0n) is 8.53. The average molecular weight is 243 g/mol. The number of aliphatic hydroxyl groups excluding tert-OH is 1. The van der Waals surface area contributed by atoms with E-state index >= 15 is 0 Å². The first-order valence-electron chi connectivity index (χ1n) is 5.70. The molecule has 2 saturated carbocycles. The van der Waals surface area contributed by atoms with Crippen LogP contribution in [0.3, 0.4) is 0 Å². The van der Waals surface area contributed by atoms with Crippen LogP contribution in [0.4, 0.5) is 0 Å². The fourth-order valence-electron chi connectivity index (χ4n) is 3.21. The summed E-state index contributed by atoms with van der Waals surface area (Å²) < 4.78 is 0. The molecule has 1 aromatic rings. The average Bonchev–Trinajstić information content (AvgIpc) is 2.83. The van der Waals surface area contributed by atoms with E-state index in [1.165, 1.54) is 25.7 Å². The number of fused-ring (bicyclic) bond motifs is 1. The molecule has 0 spiro atoms. The van der Waals surface area contributed by atoms with Crippen molar-refractivity contribution in [3.8, 4) is 0 Å². The highest BCUT2D eigenvalue weighted by atomic mass is 35.5. The highest BCUT2D eigenvalue weighted by Gasteiger charge is 2.54. The van der Waals surface area contributed by atoms with Gasteiger partial charge in [-0.15, -0.1) is 11.3 Å². The van der Waals surface area contributed by atoms with Crippen molar-refractivity contribution in [3.05, 3.63) is 21.3 Å². The SMILES string of the molecule is OC(c1sccc1Cl)C1C2CCCCC21. The molecule has 0 radical (unpaired) electrons. The minimum Gasteiger partial charge on any atom is -0.387 e. The minimum absolute atomic E-state index is 0.300. The van der Waals surface area contributed by atoms with Gasteiger partial charge in [-0.1, -0.05) is 24.4 Å². The third-order valence-corrected chi connectivity index (χ3v) is 5.43. The second kappa shape index (κ2) is 3.76. The number of aliphatic hydroxyl groups is 1. The van der Waals surface area contributed by atoms with E-state index in [4.69, 9.17) is 11.6 Å².